The molecule has 0 bridgehead atoms. The van der Waals surface area contributed by atoms with Crippen LogP contribution in [-0.4, -0.2) is 63.3 Å². The van der Waals surface area contributed by atoms with Crippen molar-refractivity contribution in [2.45, 2.75) is 100 Å². The fourth-order valence-electron chi connectivity index (χ4n) is 3.07. The Balaban J connectivity index is 5.65. The first-order valence-corrected chi connectivity index (χ1v) is 14.5. The van der Waals surface area contributed by atoms with Crippen LogP contribution in [0.1, 0.15) is 39.5 Å². The molecule has 14 heteroatoms. The van der Waals surface area contributed by atoms with Crippen molar-refractivity contribution in [1.29, 1.82) is 0 Å². The molecular weight excluding hydrogens is 467 g/mol. The van der Waals surface area contributed by atoms with Gasteiger partial charge in [-0.05, 0) is 51.9 Å². The molecule has 0 spiro atoms. The van der Waals surface area contributed by atoms with E-state index in [9.17, 15) is 49.7 Å². The van der Waals surface area contributed by atoms with Crippen LogP contribution >= 0.6 is 0 Å². The van der Waals surface area contributed by atoms with Crippen LogP contribution < -0.4 is 0 Å². The van der Waals surface area contributed by atoms with Crippen molar-refractivity contribution in [2.75, 3.05) is 0 Å². The van der Waals surface area contributed by atoms with Crippen LogP contribution in [0.4, 0.5) is 39.5 Å². The summed E-state index contributed by atoms with van der Waals surface area (Å²) >= 11 is 0. The van der Waals surface area contributed by atoms with Gasteiger partial charge in [-0.25, -0.2) is 8.78 Å². The maximum atomic E-state index is 14.4. The molecule has 0 aliphatic heterocycles. The summed E-state index contributed by atoms with van der Waals surface area (Å²) in [4.78, 5) is 0. The van der Waals surface area contributed by atoms with Crippen LogP contribution in [0.15, 0.2) is 0 Å². The number of aliphatic hydroxyl groups is 2. The largest absolute Gasteiger partial charge is 0.453 e. The predicted octanol–water partition coefficient (Wildman–Crippen LogP) is 5.26. The van der Waals surface area contributed by atoms with Crippen molar-refractivity contribution < 1.29 is 53.8 Å². The summed E-state index contributed by atoms with van der Waals surface area (Å²) in [6, 6.07) is 0. The Morgan fingerprint density at radius 1 is 0.833 bits per heavy atom. The topological polar surface area (TPSA) is 49.7 Å². The predicted molar refractivity (Wildman–Crippen MR) is 98.1 cm³/mol. The lowest BCUT2D eigenvalue weighted by Crippen LogP contribution is -2.63. The normalized spacial score (nSPS) is 18.8. The summed E-state index contributed by atoms with van der Waals surface area (Å²) in [7, 11) is -7.73. The Morgan fingerprint density at radius 3 is 1.57 bits per heavy atom. The zero-order valence-corrected chi connectivity index (χ0v) is 19.5. The van der Waals surface area contributed by atoms with E-state index in [0.29, 0.717) is 6.55 Å². The molecule has 0 saturated carbocycles. The van der Waals surface area contributed by atoms with Gasteiger partial charge in [0.2, 0.25) is 9.04 Å². The molecule has 0 aliphatic carbocycles. The summed E-state index contributed by atoms with van der Waals surface area (Å²) in [5, 5.41) is 19.2. The molecule has 0 radical (unpaired) electrons. The number of hydrogen-bond donors (Lipinski definition) is 2. The standard InChI is InChI=1S/C16H29F9O3Si2/c1-10(26)8-12(9-11(2)27)30(4,5)28-29(3)16(24,25)15(22,23)13(17,18)6-7-14(19,20)21/h10-12,26-27,29H,6-9H2,1-5H3. The Morgan fingerprint density at radius 2 is 1.23 bits per heavy atom. The molecule has 0 rings (SSSR count). The molecule has 0 aliphatic rings. The lowest BCUT2D eigenvalue weighted by Gasteiger charge is -2.41. The van der Waals surface area contributed by atoms with Gasteiger partial charge in [-0.2, -0.15) is 30.7 Å². The van der Waals surface area contributed by atoms with Gasteiger partial charge in [0.15, 0.2) is 8.32 Å². The minimum absolute atomic E-state index is 0.00888. The average Bonchev–Trinajstić information content (AvgIpc) is 2.50. The average molecular weight is 497 g/mol. The first-order chi connectivity index (χ1) is 13.1. The van der Waals surface area contributed by atoms with E-state index in [1.807, 2.05) is 0 Å². The second-order valence-electron chi connectivity index (χ2n) is 8.25. The van der Waals surface area contributed by atoms with Crippen LogP contribution in [0.5, 0.6) is 0 Å². The lowest BCUT2D eigenvalue weighted by molar-refractivity contribution is -0.292. The minimum Gasteiger partial charge on any atom is -0.453 e. The van der Waals surface area contributed by atoms with E-state index in [4.69, 9.17) is 4.12 Å². The monoisotopic (exact) mass is 496 g/mol. The highest BCUT2D eigenvalue weighted by molar-refractivity contribution is 6.79. The highest BCUT2D eigenvalue weighted by atomic mass is 28.4. The third-order valence-electron chi connectivity index (χ3n) is 4.83. The van der Waals surface area contributed by atoms with Crippen molar-refractivity contribution >= 4 is 17.4 Å². The second-order valence-corrected chi connectivity index (χ2v) is 15.2. The second kappa shape index (κ2) is 10.1. The summed E-state index contributed by atoms with van der Waals surface area (Å²) in [6.07, 6.45) is -11.9. The van der Waals surface area contributed by atoms with Gasteiger partial charge in [-0.1, -0.05) is 0 Å². The molecule has 3 atom stereocenters. The van der Waals surface area contributed by atoms with Gasteiger partial charge in [0.1, 0.15) is 0 Å². The Hall–Kier alpha value is -0.316. The number of hydrogen-bond acceptors (Lipinski definition) is 3. The van der Waals surface area contributed by atoms with Gasteiger partial charge in [0.25, 0.3) is 0 Å². The Labute approximate surface area is 172 Å². The van der Waals surface area contributed by atoms with Crippen LogP contribution in [0, 0.1) is 0 Å². The van der Waals surface area contributed by atoms with Crippen molar-refractivity contribution in [2.24, 2.45) is 0 Å². The SMILES string of the molecule is CC(O)CC(CC(C)O)[Si](C)(C)O[SiH](C)C(F)(F)C(F)(F)C(F)(F)CCC(F)(F)F. The smallest absolute Gasteiger partial charge is 0.389 e. The van der Waals surface area contributed by atoms with Gasteiger partial charge in [-0.3, -0.25) is 0 Å². The number of alkyl halides is 9. The van der Waals surface area contributed by atoms with Crippen LogP contribution in [0.2, 0.25) is 25.2 Å². The van der Waals surface area contributed by atoms with Gasteiger partial charge < -0.3 is 14.3 Å². The van der Waals surface area contributed by atoms with Crippen LogP contribution in [0.3, 0.4) is 0 Å². The molecule has 30 heavy (non-hydrogen) atoms. The van der Waals surface area contributed by atoms with Crippen molar-refractivity contribution in [1.82, 2.24) is 0 Å². The molecule has 2 N–H and O–H groups in total. The van der Waals surface area contributed by atoms with Gasteiger partial charge in [0.05, 0.1) is 12.2 Å². The zero-order chi connectivity index (χ0) is 24.3. The molecule has 0 amide bonds. The van der Waals surface area contributed by atoms with E-state index >= 15 is 0 Å². The summed E-state index contributed by atoms with van der Waals surface area (Å²) in [5.74, 6) is -11.6. The maximum absolute atomic E-state index is 14.4. The van der Waals surface area contributed by atoms with Crippen LogP contribution in [0.25, 0.3) is 0 Å². The minimum atomic E-state index is -6.04. The quantitative estimate of drug-likeness (QED) is 0.286. The van der Waals surface area contributed by atoms with E-state index in [-0.39, 0.29) is 12.8 Å². The molecule has 0 aromatic carbocycles. The third-order valence-corrected chi connectivity index (χ3v) is 12.5. The Bertz CT molecular complexity index is 531. The highest BCUT2D eigenvalue weighted by Crippen LogP contribution is 2.50. The molecule has 3 nitrogen and oxygen atoms in total. The van der Waals surface area contributed by atoms with E-state index < -0.39 is 71.5 Å². The summed E-state index contributed by atoms with van der Waals surface area (Å²) in [5.41, 5.74) is -5.99. The summed E-state index contributed by atoms with van der Waals surface area (Å²) < 4.78 is 126. The first-order valence-electron chi connectivity index (χ1n) is 9.31. The van der Waals surface area contributed by atoms with Gasteiger partial charge in [0, 0.05) is 12.8 Å². The lowest BCUT2D eigenvalue weighted by atomic mass is 10.1. The van der Waals surface area contributed by atoms with E-state index in [0.717, 1.165) is 0 Å². The zero-order valence-electron chi connectivity index (χ0n) is 17.3. The highest BCUT2D eigenvalue weighted by Gasteiger charge is 2.74. The van der Waals surface area contributed by atoms with Crippen molar-refractivity contribution in [3.63, 3.8) is 0 Å². The maximum Gasteiger partial charge on any atom is 0.389 e. The van der Waals surface area contributed by atoms with Crippen LogP contribution in [-0.2, 0) is 4.12 Å². The third kappa shape index (κ3) is 7.99. The van der Waals surface area contributed by atoms with Gasteiger partial charge in [-0.15, -0.1) is 0 Å². The fourth-order valence-corrected chi connectivity index (χ4v) is 10.6. The number of rotatable bonds is 12. The fraction of sp³-hybridized carbons (Fsp3) is 1.00. The Kier molecular flexibility index (Phi) is 9.98. The van der Waals surface area contributed by atoms with Crippen molar-refractivity contribution in [3.05, 3.63) is 0 Å². The van der Waals surface area contributed by atoms with E-state index in [2.05, 4.69) is 0 Å². The number of aliphatic hydroxyl groups excluding tert-OH is 2. The molecule has 0 saturated heterocycles. The molecule has 3 unspecified atom stereocenters. The van der Waals surface area contributed by atoms with Gasteiger partial charge >= 0.3 is 23.6 Å². The molecule has 0 heterocycles. The first kappa shape index (κ1) is 29.7. The number of halogens is 9. The molecule has 0 aromatic heterocycles. The van der Waals surface area contributed by atoms with E-state index in [1.165, 1.54) is 26.9 Å². The molecule has 182 valence electrons. The van der Waals surface area contributed by atoms with Crippen molar-refractivity contribution in [3.8, 4) is 0 Å². The molecule has 0 fully saturated rings. The summed E-state index contributed by atoms with van der Waals surface area (Å²) in [6.45, 7) is 6.13. The molecular formula is C16H29F9O3Si2. The molecule has 0 aromatic rings. The van der Waals surface area contributed by atoms with E-state index in [1.54, 1.807) is 0 Å².